The summed E-state index contributed by atoms with van der Waals surface area (Å²) in [6, 6.07) is 3.31. The van der Waals surface area contributed by atoms with Gasteiger partial charge in [-0.1, -0.05) is 0 Å². The molecule has 1 aromatic heterocycles. The highest BCUT2D eigenvalue weighted by Crippen LogP contribution is 2.23. The summed E-state index contributed by atoms with van der Waals surface area (Å²) in [4.78, 5) is 3.54. The Balaban J connectivity index is 3.03. The summed E-state index contributed by atoms with van der Waals surface area (Å²) in [6.45, 7) is -0.566. The van der Waals surface area contributed by atoms with E-state index < -0.39 is 18.7 Å². The van der Waals surface area contributed by atoms with E-state index in [1.165, 1.54) is 0 Å². The van der Waals surface area contributed by atoms with Gasteiger partial charge in [0.1, 0.15) is 17.5 Å². The van der Waals surface area contributed by atoms with Crippen LogP contribution in [0.25, 0.3) is 0 Å². The van der Waals surface area contributed by atoms with Gasteiger partial charge in [0.2, 0.25) is 0 Å². The molecule has 1 N–H and O–H groups in total. The highest BCUT2D eigenvalue weighted by atomic mass is 19.4. The number of nitrogens with zero attached hydrogens (tertiary/aromatic N) is 2. The Kier molecular flexibility index (Phi) is 3.11. The fraction of sp³-hybridized carbons (Fsp3) is 0.250. The molecule has 0 aromatic carbocycles. The summed E-state index contributed by atoms with van der Waals surface area (Å²) in [5.41, 5.74) is -0.311. The number of rotatable bonds is 2. The van der Waals surface area contributed by atoms with Crippen molar-refractivity contribution in [3.05, 3.63) is 23.5 Å². The maximum atomic E-state index is 11.8. The van der Waals surface area contributed by atoms with Crippen molar-refractivity contribution >= 4 is 0 Å². The van der Waals surface area contributed by atoms with Gasteiger partial charge in [0, 0.05) is 12.1 Å². The molecule has 1 aromatic rings. The molecule has 0 aliphatic heterocycles. The minimum absolute atomic E-state index is 0.0618. The Hall–Kier alpha value is -1.81. The van der Waals surface area contributed by atoms with Gasteiger partial charge in [0.25, 0.3) is 0 Å². The highest BCUT2D eigenvalue weighted by molar-refractivity contribution is 5.33. The van der Waals surface area contributed by atoms with E-state index in [0.717, 1.165) is 12.1 Å². The van der Waals surface area contributed by atoms with Crippen molar-refractivity contribution in [2.45, 2.75) is 13.0 Å². The number of alkyl halides is 3. The SMILES string of the molecule is N#Cc1cc(OC(F)(F)F)cc(CO)n1. The van der Waals surface area contributed by atoms with Crippen LogP contribution in [0.2, 0.25) is 0 Å². The third kappa shape index (κ3) is 3.44. The normalized spacial score (nSPS) is 10.9. The van der Waals surface area contributed by atoms with Crippen molar-refractivity contribution in [1.82, 2.24) is 4.98 Å². The molecule has 0 aliphatic rings. The second-order valence-electron chi connectivity index (χ2n) is 2.50. The Morgan fingerprint density at radius 2 is 2.13 bits per heavy atom. The molecule has 0 radical (unpaired) electrons. The summed E-state index contributed by atoms with van der Waals surface area (Å²) in [7, 11) is 0. The monoisotopic (exact) mass is 218 g/mol. The Labute approximate surface area is 82.5 Å². The van der Waals surface area contributed by atoms with E-state index in [1.807, 2.05) is 0 Å². The minimum Gasteiger partial charge on any atom is -0.406 e. The molecule has 0 spiro atoms. The zero-order chi connectivity index (χ0) is 11.5. The molecule has 0 aliphatic carbocycles. The lowest BCUT2D eigenvalue weighted by Gasteiger charge is -2.09. The van der Waals surface area contributed by atoms with Gasteiger partial charge < -0.3 is 9.84 Å². The van der Waals surface area contributed by atoms with Crippen molar-refractivity contribution in [2.24, 2.45) is 0 Å². The van der Waals surface area contributed by atoms with Crippen molar-refractivity contribution in [3.8, 4) is 11.8 Å². The molecular formula is C8H5F3N2O2. The van der Waals surface area contributed by atoms with Gasteiger partial charge in [-0.15, -0.1) is 13.2 Å². The van der Waals surface area contributed by atoms with Crippen molar-refractivity contribution in [3.63, 3.8) is 0 Å². The fourth-order valence-electron chi connectivity index (χ4n) is 0.891. The van der Waals surface area contributed by atoms with Crippen LogP contribution in [0.15, 0.2) is 12.1 Å². The zero-order valence-corrected chi connectivity index (χ0v) is 7.25. The predicted molar refractivity (Wildman–Crippen MR) is 41.6 cm³/mol. The zero-order valence-electron chi connectivity index (χ0n) is 7.25. The number of pyridine rings is 1. The second-order valence-corrected chi connectivity index (χ2v) is 2.50. The number of aliphatic hydroxyl groups excluding tert-OH is 1. The van der Waals surface area contributed by atoms with Crippen LogP contribution in [0.5, 0.6) is 5.75 Å². The van der Waals surface area contributed by atoms with Gasteiger partial charge in [-0.25, -0.2) is 4.98 Å². The third-order valence-electron chi connectivity index (χ3n) is 1.36. The minimum atomic E-state index is -4.83. The molecule has 0 fully saturated rings. The average Bonchev–Trinajstić information content (AvgIpc) is 2.14. The van der Waals surface area contributed by atoms with Crippen molar-refractivity contribution < 1.29 is 23.0 Å². The fourth-order valence-corrected chi connectivity index (χ4v) is 0.891. The van der Waals surface area contributed by atoms with Crippen LogP contribution in [-0.2, 0) is 6.61 Å². The number of halogens is 3. The molecule has 0 amide bonds. The molecule has 0 unspecified atom stereocenters. The van der Waals surface area contributed by atoms with Gasteiger partial charge in [-0.2, -0.15) is 5.26 Å². The van der Waals surface area contributed by atoms with Crippen LogP contribution < -0.4 is 4.74 Å². The van der Waals surface area contributed by atoms with E-state index in [1.54, 1.807) is 6.07 Å². The van der Waals surface area contributed by atoms with Crippen LogP contribution >= 0.6 is 0 Å². The number of nitriles is 1. The summed E-state index contributed by atoms with van der Waals surface area (Å²) in [5.74, 6) is -0.571. The molecule has 1 rings (SSSR count). The van der Waals surface area contributed by atoms with E-state index in [0.29, 0.717) is 0 Å². The molecule has 1 heterocycles. The second kappa shape index (κ2) is 4.14. The van der Waals surface area contributed by atoms with Crippen LogP contribution in [0.3, 0.4) is 0 Å². The first-order valence-corrected chi connectivity index (χ1v) is 3.72. The van der Waals surface area contributed by atoms with E-state index >= 15 is 0 Å². The molecule has 7 heteroatoms. The van der Waals surface area contributed by atoms with Crippen molar-refractivity contribution in [1.29, 1.82) is 5.26 Å². The summed E-state index contributed by atoms with van der Waals surface area (Å²) < 4.78 is 39.1. The standard InChI is InChI=1S/C8H5F3N2O2/c9-8(10,11)15-7-1-5(3-12)13-6(2-7)4-14/h1-2,14H,4H2. The highest BCUT2D eigenvalue weighted by Gasteiger charge is 2.31. The smallest absolute Gasteiger partial charge is 0.406 e. The lowest BCUT2D eigenvalue weighted by Crippen LogP contribution is -2.17. The van der Waals surface area contributed by atoms with Gasteiger partial charge in [0.15, 0.2) is 0 Å². The Bertz CT molecular complexity index is 398. The Morgan fingerprint density at radius 1 is 1.47 bits per heavy atom. The largest absolute Gasteiger partial charge is 0.573 e. The molecule has 0 bridgehead atoms. The third-order valence-corrected chi connectivity index (χ3v) is 1.36. The lowest BCUT2D eigenvalue weighted by atomic mass is 10.3. The average molecular weight is 218 g/mol. The molecule has 0 atom stereocenters. The van der Waals surface area contributed by atoms with Crippen LogP contribution in [0, 0.1) is 11.3 Å². The van der Waals surface area contributed by atoms with E-state index in [9.17, 15) is 13.2 Å². The predicted octanol–water partition coefficient (Wildman–Crippen LogP) is 1.34. The van der Waals surface area contributed by atoms with E-state index in [4.69, 9.17) is 10.4 Å². The quantitative estimate of drug-likeness (QED) is 0.813. The first-order chi connectivity index (χ1) is 6.94. The van der Waals surface area contributed by atoms with Gasteiger partial charge in [-0.3, -0.25) is 0 Å². The summed E-state index contributed by atoms with van der Waals surface area (Å²) in [5, 5.41) is 17.1. The Morgan fingerprint density at radius 3 is 2.60 bits per heavy atom. The van der Waals surface area contributed by atoms with Gasteiger partial charge >= 0.3 is 6.36 Å². The molecule has 4 nitrogen and oxygen atoms in total. The first kappa shape index (κ1) is 11.3. The van der Waals surface area contributed by atoms with Gasteiger partial charge in [0.05, 0.1) is 12.3 Å². The number of aliphatic hydroxyl groups is 1. The number of hydrogen-bond donors (Lipinski definition) is 1. The molecule has 15 heavy (non-hydrogen) atoms. The molecule has 0 saturated heterocycles. The van der Waals surface area contributed by atoms with E-state index in [-0.39, 0.29) is 11.4 Å². The van der Waals surface area contributed by atoms with E-state index in [2.05, 4.69) is 9.72 Å². The van der Waals surface area contributed by atoms with Crippen LogP contribution in [0.1, 0.15) is 11.4 Å². The molecular weight excluding hydrogens is 213 g/mol. The van der Waals surface area contributed by atoms with Crippen molar-refractivity contribution in [2.75, 3.05) is 0 Å². The summed E-state index contributed by atoms with van der Waals surface area (Å²) in [6.07, 6.45) is -4.83. The maximum Gasteiger partial charge on any atom is 0.573 e. The topological polar surface area (TPSA) is 66.1 Å². The molecule has 80 valence electrons. The maximum absolute atomic E-state index is 11.8. The lowest BCUT2D eigenvalue weighted by molar-refractivity contribution is -0.274. The van der Waals surface area contributed by atoms with Crippen LogP contribution in [0.4, 0.5) is 13.2 Å². The first-order valence-electron chi connectivity index (χ1n) is 3.72. The number of ether oxygens (including phenoxy) is 1. The van der Waals surface area contributed by atoms with Crippen LogP contribution in [-0.4, -0.2) is 16.5 Å². The summed E-state index contributed by atoms with van der Waals surface area (Å²) >= 11 is 0. The number of aromatic nitrogens is 1. The van der Waals surface area contributed by atoms with Gasteiger partial charge in [-0.05, 0) is 0 Å². The molecule has 0 saturated carbocycles. The number of hydrogen-bond acceptors (Lipinski definition) is 4.